The Kier molecular flexibility index (Phi) is 4.42. The van der Waals surface area contributed by atoms with Gasteiger partial charge in [-0.05, 0) is 25.5 Å². The molecule has 114 valence electrons. The van der Waals surface area contributed by atoms with Crippen LogP contribution in [0.5, 0.6) is 0 Å². The zero-order valence-corrected chi connectivity index (χ0v) is 13.3. The first kappa shape index (κ1) is 14.8. The SMILES string of the molecule is Cc1ccnc2c1nc(C(C)Cl)n2CCN1CCOCC1. The predicted molar refractivity (Wildman–Crippen MR) is 83.8 cm³/mol. The van der Waals surface area contributed by atoms with Crippen molar-refractivity contribution in [2.75, 3.05) is 32.8 Å². The molecule has 0 radical (unpaired) electrons. The van der Waals surface area contributed by atoms with Gasteiger partial charge in [0.25, 0.3) is 0 Å². The van der Waals surface area contributed by atoms with Crippen molar-refractivity contribution in [2.45, 2.75) is 25.8 Å². The zero-order valence-electron chi connectivity index (χ0n) is 12.5. The standard InChI is InChI=1S/C15H21ClN4O/c1-11-3-4-17-15-13(11)18-14(12(2)16)20(15)6-5-19-7-9-21-10-8-19/h3-4,12H,5-10H2,1-2H3. The molecule has 0 N–H and O–H groups in total. The van der Waals surface area contributed by atoms with Crippen molar-refractivity contribution in [1.82, 2.24) is 19.4 Å². The summed E-state index contributed by atoms with van der Waals surface area (Å²) in [5.74, 6) is 0.904. The highest BCUT2D eigenvalue weighted by atomic mass is 35.5. The van der Waals surface area contributed by atoms with Crippen molar-refractivity contribution in [2.24, 2.45) is 0 Å². The number of fused-ring (bicyclic) bond motifs is 1. The Labute approximate surface area is 129 Å². The van der Waals surface area contributed by atoms with Gasteiger partial charge in [-0.3, -0.25) is 4.90 Å². The number of aryl methyl sites for hydroxylation is 1. The largest absolute Gasteiger partial charge is 0.379 e. The maximum atomic E-state index is 6.31. The summed E-state index contributed by atoms with van der Waals surface area (Å²) >= 11 is 6.31. The molecule has 21 heavy (non-hydrogen) atoms. The molecule has 0 saturated carbocycles. The van der Waals surface area contributed by atoms with Gasteiger partial charge in [0.05, 0.1) is 18.6 Å². The number of rotatable bonds is 4. The lowest BCUT2D eigenvalue weighted by Gasteiger charge is -2.27. The minimum Gasteiger partial charge on any atom is -0.379 e. The summed E-state index contributed by atoms with van der Waals surface area (Å²) in [6.07, 6.45) is 1.84. The predicted octanol–water partition coefficient (Wildman–Crippen LogP) is 2.37. The number of aromatic nitrogens is 3. The molecular formula is C15H21ClN4O. The third-order valence-electron chi connectivity index (χ3n) is 3.96. The van der Waals surface area contributed by atoms with E-state index in [1.54, 1.807) is 0 Å². The summed E-state index contributed by atoms with van der Waals surface area (Å²) in [7, 11) is 0. The van der Waals surface area contributed by atoms with Gasteiger partial charge in [0.2, 0.25) is 0 Å². The molecule has 1 aliphatic heterocycles. The summed E-state index contributed by atoms with van der Waals surface area (Å²) in [5, 5.41) is -0.122. The smallest absolute Gasteiger partial charge is 0.160 e. The molecule has 3 rings (SSSR count). The highest BCUT2D eigenvalue weighted by Crippen LogP contribution is 2.25. The van der Waals surface area contributed by atoms with Gasteiger partial charge in [0.1, 0.15) is 11.3 Å². The monoisotopic (exact) mass is 308 g/mol. The topological polar surface area (TPSA) is 43.2 Å². The lowest BCUT2D eigenvalue weighted by Crippen LogP contribution is -2.38. The number of nitrogens with zero attached hydrogens (tertiary/aromatic N) is 4. The van der Waals surface area contributed by atoms with Gasteiger partial charge in [-0.1, -0.05) is 0 Å². The van der Waals surface area contributed by atoms with Crippen molar-refractivity contribution < 1.29 is 4.74 Å². The van der Waals surface area contributed by atoms with E-state index in [0.29, 0.717) is 0 Å². The minimum atomic E-state index is -0.122. The molecular weight excluding hydrogens is 288 g/mol. The number of pyridine rings is 1. The van der Waals surface area contributed by atoms with Gasteiger partial charge in [-0.25, -0.2) is 9.97 Å². The van der Waals surface area contributed by atoms with E-state index >= 15 is 0 Å². The van der Waals surface area contributed by atoms with E-state index in [1.165, 1.54) is 0 Å². The first-order chi connectivity index (χ1) is 10.2. The Hall–Kier alpha value is -1.17. The maximum absolute atomic E-state index is 6.31. The van der Waals surface area contributed by atoms with Crippen LogP contribution in [-0.2, 0) is 11.3 Å². The Bertz CT molecular complexity index is 619. The van der Waals surface area contributed by atoms with Crippen molar-refractivity contribution in [3.63, 3.8) is 0 Å². The van der Waals surface area contributed by atoms with Crippen molar-refractivity contribution >= 4 is 22.8 Å². The van der Waals surface area contributed by atoms with E-state index in [9.17, 15) is 0 Å². The molecule has 0 amide bonds. The molecule has 1 saturated heterocycles. The first-order valence-electron chi connectivity index (χ1n) is 7.42. The average Bonchev–Trinajstić information content (AvgIpc) is 2.87. The number of alkyl halides is 1. The Morgan fingerprint density at radius 1 is 1.33 bits per heavy atom. The number of halogens is 1. The Morgan fingerprint density at radius 2 is 2.10 bits per heavy atom. The molecule has 1 unspecified atom stereocenters. The lowest BCUT2D eigenvalue weighted by atomic mass is 10.3. The van der Waals surface area contributed by atoms with Crippen LogP contribution >= 0.6 is 11.6 Å². The van der Waals surface area contributed by atoms with Gasteiger partial charge >= 0.3 is 0 Å². The van der Waals surface area contributed by atoms with Crippen molar-refractivity contribution in [1.29, 1.82) is 0 Å². The molecule has 0 bridgehead atoms. The summed E-state index contributed by atoms with van der Waals surface area (Å²) in [6, 6.07) is 1.99. The average molecular weight is 309 g/mol. The van der Waals surface area contributed by atoms with Gasteiger partial charge in [-0.15, -0.1) is 11.6 Å². The van der Waals surface area contributed by atoms with Crippen LogP contribution < -0.4 is 0 Å². The molecule has 3 heterocycles. The van der Waals surface area contributed by atoms with Crippen LogP contribution in [0.2, 0.25) is 0 Å². The highest BCUT2D eigenvalue weighted by Gasteiger charge is 2.18. The second-order valence-electron chi connectivity index (χ2n) is 5.49. The molecule has 2 aromatic rings. The van der Waals surface area contributed by atoms with Crippen LogP contribution in [0.3, 0.4) is 0 Å². The number of hydrogen-bond donors (Lipinski definition) is 0. The first-order valence-corrected chi connectivity index (χ1v) is 7.86. The molecule has 2 aromatic heterocycles. The fourth-order valence-electron chi connectivity index (χ4n) is 2.75. The second kappa shape index (κ2) is 6.30. The fraction of sp³-hybridized carbons (Fsp3) is 0.600. The molecule has 6 heteroatoms. The molecule has 0 aliphatic carbocycles. The van der Waals surface area contributed by atoms with Gasteiger partial charge in [-0.2, -0.15) is 0 Å². The maximum Gasteiger partial charge on any atom is 0.160 e. The van der Waals surface area contributed by atoms with Crippen LogP contribution in [0.4, 0.5) is 0 Å². The third-order valence-corrected chi connectivity index (χ3v) is 4.16. The van der Waals surface area contributed by atoms with Gasteiger partial charge in [0.15, 0.2) is 5.65 Å². The van der Waals surface area contributed by atoms with E-state index in [-0.39, 0.29) is 5.38 Å². The fourth-order valence-corrected chi connectivity index (χ4v) is 2.91. The molecule has 0 spiro atoms. The highest BCUT2D eigenvalue weighted by molar-refractivity contribution is 6.20. The summed E-state index contributed by atoms with van der Waals surface area (Å²) < 4.78 is 7.55. The normalized spacial score (nSPS) is 18.2. The molecule has 5 nitrogen and oxygen atoms in total. The number of imidazole rings is 1. The number of ether oxygens (including phenoxy) is 1. The van der Waals surface area contributed by atoms with Gasteiger partial charge < -0.3 is 9.30 Å². The summed E-state index contributed by atoms with van der Waals surface area (Å²) in [6.45, 7) is 9.48. The summed E-state index contributed by atoms with van der Waals surface area (Å²) in [5.41, 5.74) is 3.04. The van der Waals surface area contributed by atoms with E-state index < -0.39 is 0 Å². The van der Waals surface area contributed by atoms with Crippen molar-refractivity contribution in [3.8, 4) is 0 Å². The van der Waals surface area contributed by atoms with Crippen LogP contribution in [0.1, 0.15) is 23.7 Å². The number of morpholine rings is 1. The second-order valence-corrected chi connectivity index (χ2v) is 6.15. The third kappa shape index (κ3) is 3.05. The Morgan fingerprint density at radius 3 is 2.81 bits per heavy atom. The quantitative estimate of drug-likeness (QED) is 0.813. The minimum absolute atomic E-state index is 0.122. The van der Waals surface area contributed by atoms with Crippen molar-refractivity contribution in [3.05, 3.63) is 23.7 Å². The van der Waals surface area contributed by atoms with E-state index in [4.69, 9.17) is 21.3 Å². The molecule has 0 aromatic carbocycles. The van der Waals surface area contributed by atoms with Crippen LogP contribution in [-0.4, -0.2) is 52.3 Å². The molecule has 1 aliphatic rings. The molecule has 1 atom stereocenters. The zero-order chi connectivity index (χ0) is 14.8. The van der Waals surface area contributed by atoms with E-state index in [0.717, 1.165) is 61.9 Å². The Balaban J connectivity index is 1.88. The van der Waals surface area contributed by atoms with Gasteiger partial charge in [0, 0.05) is 32.4 Å². The molecule has 1 fully saturated rings. The van der Waals surface area contributed by atoms with Crippen LogP contribution in [0.25, 0.3) is 11.2 Å². The van der Waals surface area contributed by atoms with Crippen LogP contribution in [0, 0.1) is 6.92 Å². The summed E-state index contributed by atoms with van der Waals surface area (Å²) in [4.78, 5) is 11.6. The number of hydrogen-bond acceptors (Lipinski definition) is 4. The van der Waals surface area contributed by atoms with E-state index in [1.807, 2.05) is 19.2 Å². The lowest BCUT2D eigenvalue weighted by molar-refractivity contribution is 0.0364. The van der Waals surface area contributed by atoms with Crippen LogP contribution in [0.15, 0.2) is 12.3 Å². The van der Waals surface area contributed by atoms with E-state index in [2.05, 4.69) is 21.4 Å².